The highest BCUT2D eigenvalue weighted by molar-refractivity contribution is 8.04. The van der Waals surface area contributed by atoms with E-state index >= 15 is 0 Å². The van der Waals surface area contributed by atoms with Gasteiger partial charge in [0.2, 0.25) is 0 Å². The number of aryl methyl sites for hydroxylation is 3. The minimum absolute atomic E-state index is 0.307. The fraction of sp³-hybridized carbons (Fsp3) is 0.120. The third kappa shape index (κ3) is 3.89. The summed E-state index contributed by atoms with van der Waals surface area (Å²) in [7, 11) is 0. The zero-order valence-electron chi connectivity index (χ0n) is 17.1. The topological polar surface area (TPSA) is 49.4 Å². The first-order chi connectivity index (χ1) is 14.4. The minimum Gasteiger partial charge on any atom is -0.350 e. The number of hydrogen-bond acceptors (Lipinski definition) is 4. The first kappa shape index (κ1) is 20.0. The molecule has 0 saturated carbocycles. The van der Waals surface area contributed by atoms with Gasteiger partial charge in [0.25, 0.3) is 11.8 Å². The van der Waals surface area contributed by atoms with Crippen LogP contribution in [-0.2, 0) is 9.59 Å². The number of nitrogens with zero attached hydrogens (tertiary/aromatic N) is 1. The van der Waals surface area contributed by atoms with Crippen molar-refractivity contribution in [1.29, 1.82) is 0 Å². The molecular weight excluding hydrogens is 392 g/mol. The van der Waals surface area contributed by atoms with Crippen LogP contribution in [-0.4, -0.2) is 11.8 Å². The molecule has 30 heavy (non-hydrogen) atoms. The summed E-state index contributed by atoms with van der Waals surface area (Å²) in [6.07, 6.45) is 0. The molecule has 0 aromatic heterocycles. The SMILES string of the molecule is Cc1ccc(SC2=C(Nc3ccc(C)cc3C)C(=O)N(c3ccccc3)C2=O)cc1. The van der Waals surface area contributed by atoms with E-state index in [-0.39, 0.29) is 11.8 Å². The molecule has 0 saturated heterocycles. The summed E-state index contributed by atoms with van der Waals surface area (Å²) in [5.74, 6) is -0.662. The molecule has 4 nitrogen and oxygen atoms in total. The number of para-hydroxylation sites is 1. The first-order valence-electron chi connectivity index (χ1n) is 9.71. The number of amides is 2. The zero-order valence-corrected chi connectivity index (χ0v) is 17.9. The molecule has 0 fully saturated rings. The number of benzene rings is 3. The van der Waals surface area contributed by atoms with Gasteiger partial charge in [-0.15, -0.1) is 0 Å². The van der Waals surface area contributed by atoms with Gasteiger partial charge in [-0.1, -0.05) is 65.4 Å². The number of carbonyl (C=O) groups is 2. The van der Waals surface area contributed by atoms with Crippen LogP contribution in [0.25, 0.3) is 0 Å². The molecule has 0 atom stereocenters. The van der Waals surface area contributed by atoms with E-state index in [1.807, 2.05) is 81.4 Å². The molecular formula is C25H22N2O2S. The van der Waals surface area contributed by atoms with Crippen molar-refractivity contribution in [3.05, 3.63) is 100 Å². The lowest BCUT2D eigenvalue weighted by atomic mass is 10.1. The van der Waals surface area contributed by atoms with Crippen LogP contribution in [0.2, 0.25) is 0 Å². The summed E-state index contributed by atoms with van der Waals surface area (Å²) < 4.78 is 0. The molecule has 2 amide bonds. The molecule has 3 aromatic rings. The summed E-state index contributed by atoms with van der Waals surface area (Å²) in [4.78, 5) is 29.2. The van der Waals surface area contributed by atoms with Gasteiger partial charge in [-0.05, 0) is 56.7 Å². The van der Waals surface area contributed by atoms with Gasteiger partial charge in [0.05, 0.1) is 5.69 Å². The standard InChI is InChI=1S/C25H22N2O2S/c1-16-9-12-20(13-10-16)30-23-22(26-21-14-11-17(2)15-18(21)3)24(28)27(25(23)29)19-7-5-4-6-8-19/h4-15,26H,1-3H3. The minimum atomic E-state index is -0.346. The highest BCUT2D eigenvalue weighted by atomic mass is 32.2. The zero-order chi connectivity index (χ0) is 21.3. The number of nitrogens with one attached hydrogen (secondary N) is 1. The summed E-state index contributed by atoms with van der Waals surface area (Å²) >= 11 is 1.31. The van der Waals surface area contributed by atoms with Crippen LogP contribution in [0, 0.1) is 20.8 Å². The number of anilines is 2. The first-order valence-corrected chi connectivity index (χ1v) is 10.5. The Morgan fingerprint density at radius 2 is 1.43 bits per heavy atom. The highest BCUT2D eigenvalue weighted by Crippen LogP contribution is 2.38. The maximum atomic E-state index is 13.3. The van der Waals surface area contributed by atoms with Crippen LogP contribution in [0.4, 0.5) is 11.4 Å². The molecule has 1 aliphatic heterocycles. The predicted octanol–water partition coefficient (Wildman–Crippen LogP) is 5.60. The smallest absolute Gasteiger partial charge is 0.283 e. The van der Waals surface area contributed by atoms with Crippen LogP contribution in [0.3, 0.4) is 0 Å². The van der Waals surface area contributed by atoms with Crippen LogP contribution >= 0.6 is 11.8 Å². The van der Waals surface area contributed by atoms with Gasteiger partial charge in [-0.3, -0.25) is 9.59 Å². The fourth-order valence-corrected chi connectivity index (χ4v) is 4.27. The molecule has 4 rings (SSSR count). The summed E-state index contributed by atoms with van der Waals surface area (Å²) in [5.41, 5.74) is 4.98. The Hall–Kier alpha value is -3.31. The van der Waals surface area contributed by atoms with Crippen molar-refractivity contribution in [3.8, 4) is 0 Å². The Morgan fingerprint density at radius 1 is 0.767 bits per heavy atom. The van der Waals surface area contributed by atoms with Gasteiger partial charge in [-0.25, -0.2) is 4.90 Å². The molecule has 0 bridgehead atoms. The maximum absolute atomic E-state index is 13.3. The van der Waals surface area contributed by atoms with Gasteiger partial charge in [0, 0.05) is 10.6 Å². The molecule has 0 unspecified atom stereocenters. The van der Waals surface area contributed by atoms with Gasteiger partial charge < -0.3 is 5.32 Å². The van der Waals surface area contributed by atoms with Crippen molar-refractivity contribution in [3.63, 3.8) is 0 Å². The molecule has 0 spiro atoms. The Kier molecular flexibility index (Phi) is 5.46. The second kappa shape index (κ2) is 8.20. The Bertz CT molecular complexity index is 1150. The van der Waals surface area contributed by atoms with Gasteiger partial charge in [0.1, 0.15) is 10.6 Å². The van der Waals surface area contributed by atoms with Crippen LogP contribution in [0.5, 0.6) is 0 Å². The van der Waals surface area contributed by atoms with Gasteiger partial charge >= 0.3 is 0 Å². The van der Waals surface area contributed by atoms with Crippen molar-refractivity contribution < 1.29 is 9.59 Å². The molecule has 1 heterocycles. The van der Waals surface area contributed by atoms with Crippen molar-refractivity contribution in [1.82, 2.24) is 0 Å². The lowest BCUT2D eigenvalue weighted by molar-refractivity contribution is -0.120. The Labute approximate surface area is 180 Å². The second-order valence-corrected chi connectivity index (χ2v) is 8.43. The van der Waals surface area contributed by atoms with E-state index in [0.717, 1.165) is 27.3 Å². The Morgan fingerprint density at radius 3 is 2.10 bits per heavy atom. The number of rotatable bonds is 5. The lowest BCUT2D eigenvalue weighted by Gasteiger charge is -2.15. The van der Waals surface area contributed by atoms with E-state index in [2.05, 4.69) is 5.32 Å². The average Bonchev–Trinajstić information content (AvgIpc) is 2.96. The largest absolute Gasteiger partial charge is 0.350 e. The number of carbonyl (C=O) groups excluding carboxylic acids is 2. The quantitative estimate of drug-likeness (QED) is 0.552. The Balaban J connectivity index is 1.76. The molecule has 3 aromatic carbocycles. The summed E-state index contributed by atoms with van der Waals surface area (Å²) in [6.45, 7) is 6.03. The van der Waals surface area contributed by atoms with E-state index in [4.69, 9.17) is 0 Å². The molecule has 1 aliphatic rings. The van der Waals surface area contributed by atoms with Gasteiger partial charge in [0.15, 0.2) is 0 Å². The highest BCUT2D eigenvalue weighted by Gasteiger charge is 2.40. The molecule has 0 aliphatic carbocycles. The maximum Gasteiger partial charge on any atom is 0.283 e. The van der Waals surface area contributed by atoms with E-state index in [1.165, 1.54) is 16.7 Å². The van der Waals surface area contributed by atoms with Crippen molar-refractivity contribution in [2.24, 2.45) is 0 Å². The molecule has 1 N–H and O–H groups in total. The molecule has 5 heteroatoms. The monoisotopic (exact) mass is 414 g/mol. The van der Waals surface area contributed by atoms with Gasteiger partial charge in [-0.2, -0.15) is 0 Å². The molecule has 0 radical (unpaired) electrons. The summed E-state index contributed by atoms with van der Waals surface area (Å²) in [5, 5.41) is 3.24. The van der Waals surface area contributed by atoms with Crippen LogP contribution in [0.15, 0.2) is 88.3 Å². The fourth-order valence-electron chi connectivity index (χ4n) is 3.34. The third-order valence-electron chi connectivity index (χ3n) is 4.94. The van der Waals surface area contributed by atoms with Crippen LogP contribution in [0.1, 0.15) is 16.7 Å². The van der Waals surface area contributed by atoms with E-state index < -0.39 is 0 Å². The average molecular weight is 415 g/mol. The van der Waals surface area contributed by atoms with Crippen LogP contribution < -0.4 is 10.2 Å². The number of hydrogen-bond donors (Lipinski definition) is 1. The summed E-state index contributed by atoms with van der Waals surface area (Å²) in [6, 6.07) is 22.9. The van der Waals surface area contributed by atoms with Crippen molar-refractivity contribution in [2.75, 3.05) is 10.2 Å². The molecule has 150 valence electrons. The lowest BCUT2D eigenvalue weighted by Crippen LogP contribution is -2.32. The van der Waals surface area contributed by atoms with E-state index in [9.17, 15) is 9.59 Å². The third-order valence-corrected chi connectivity index (χ3v) is 6.03. The predicted molar refractivity (Wildman–Crippen MR) is 123 cm³/mol. The van der Waals surface area contributed by atoms with Crippen molar-refractivity contribution in [2.45, 2.75) is 25.7 Å². The van der Waals surface area contributed by atoms with Crippen molar-refractivity contribution >= 4 is 35.0 Å². The normalized spacial score (nSPS) is 13.9. The van der Waals surface area contributed by atoms with E-state index in [1.54, 1.807) is 12.1 Å². The van der Waals surface area contributed by atoms with E-state index in [0.29, 0.717) is 16.3 Å². The number of imide groups is 1. The second-order valence-electron chi connectivity index (χ2n) is 7.34. The number of thioether (sulfide) groups is 1.